The Hall–Kier alpha value is 0.300. The fraction of sp³-hybridized carbons (Fsp3) is 0.250. The molecule has 0 aliphatic rings. The highest BCUT2D eigenvalue weighted by Crippen LogP contribution is 2.42. The van der Waals surface area contributed by atoms with Crippen molar-refractivity contribution in [1.82, 2.24) is 0 Å². The minimum atomic E-state index is -1.80. The second-order valence-electron chi connectivity index (χ2n) is 2.67. The fourth-order valence-corrected chi connectivity index (χ4v) is 2.14. The standard InChI is InChI=1S/C8H6Cl4O2/c1-2-4(9)6(11)3(8(13)14)7(12)5(2)10/h8,13-14H,1H3. The molecule has 0 aliphatic heterocycles. The monoisotopic (exact) mass is 274 g/mol. The van der Waals surface area contributed by atoms with Gasteiger partial charge in [-0.05, 0) is 12.5 Å². The molecule has 0 spiro atoms. The van der Waals surface area contributed by atoms with Crippen LogP contribution in [0.2, 0.25) is 20.1 Å². The van der Waals surface area contributed by atoms with Gasteiger partial charge in [-0.15, -0.1) is 0 Å². The SMILES string of the molecule is Cc1c(Cl)c(Cl)c(C(O)O)c(Cl)c1Cl. The van der Waals surface area contributed by atoms with E-state index >= 15 is 0 Å². The highest BCUT2D eigenvalue weighted by atomic mass is 35.5. The predicted molar refractivity (Wildman–Crippen MR) is 58.4 cm³/mol. The second-order valence-corrected chi connectivity index (χ2v) is 4.18. The summed E-state index contributed by atoms with van der Waals surface area (Å²) in [6, 6.07) is 0. The topological polar surface area (TPSA) is 40.5 Å². The van der Waals surface area contributed by atoms with Crippen LogP contribution >= 0.6 is 46.4 Å². The number of aliphatic hydroxyl groups excluding tert-OH is 1. The summed E-state index contributed by atoms with van der Waals surface area (Å²) in [7, 11) is 0. The van der Waals surface area contributed by atoms with Gasteiger partial charge in [0.2, 0.25) is 0 Å². The molecule has 0 saturated heterocycles. The number of aliphatic hydroxyl groups is 2. The Labute approximate surface area is 101 Å². The van der Waals surface area contributed by atoms with Gasteiger partial charge >= 0.3 is 0 Å². The van der Waals surface area contributed by atoms with Crippen LogP contribution in [0.15, 0.2) is 0 Å². The van der Waals surface area contributed by atoms with Crippen LogP contribution in [0.3, 0.4) is 0 Å². The van der Waals surface area contributed by atoms with Crippen molar-refractivity contribution in [2.24, 2.45) is 0 Å². The highest BCUT2D eigenvalue weighted by Gasteiger charge is 2.21. The Morgan fingerprint density at radius 3 is 1.50 bits per heavy atom. The van der Waals surface area contributed by atoms with Gasteiger partial charge in [0.05, 0.1) is 20.1 Å². The zero-order valence-corrected chi connectivity index (χ0v) is 10.0. The van der Waals surface area contributed by atoms with E-state index in [9.17, 15) is 0 Å². The molecule has 6 heteroatoms. The maximum atomic E-state index is 8.99. The van der Waals surface area contributed by atoms with E-state index in [1.165, 1.54) is 0 Å². The number of halogens is 4. The third-order valence-electron chi connectivity index (χ3n) is 1.78. The van der Waals surface area contributed by atoms with Gasteiger partial charge in [-0.3, -0.25) is 0 Å². The Bertz CT molecular complexity index is 347. The van der Waals surface area contributed by atoms with Crippen LogP contribution in [0.4, 0.5) is 0 Å². The van der Waals surface area contributed by atoms with Gasteiger partial charge in [-0.1, -0.05) is 46.4 Å². The van der Waals surface area contributed by atoms with Crippen LogP contribution in [-0.4, -0.2) is 10.2 Å². The summed E-state index contributed by atoms with van der Waals surface area (Å²) >= 11 is 23.2. The first kappa shape index (κ1) is 12.4. The molecule has 1 aromatic rings. The van der Waals surface area contributed by atoms with Crippen LogP contribution in [0.25, 0.3) is 0 Å². The molecule has 0 unspecified atom stereocenters. The molecule has 2 N–H and O–H groups in total. The van der Waals surface area contributed by atoms with Crippen molar-refractivity contribution in [2.75, 3.05) is 0 Å². The second kappa shape index (κ2) is 4.44. The smallest absolute Gasteiger partial charge is 0.181 e. The molecule has 2 nitrogen and oxygen atoms in total. The third kappa shape index (κ3) is 1.96. The lowest BCUT2D eigenvalue weighted by Gasteiger charge is -2.14. The largest absolute Gasteiger partial charge is 0.364 e. The number of rotatable bonds is 1. The summed E-state index contributed by atoms with van der Waals surface area (Å²) in [5, 5.41) is 18.3. The van der Waals surface area contributed by atoms with Gasteiger partial charge in [0.1, 0.15) is 0 Å². The van der Waals surface area contributed by atoms with Crippen LogP contribution in [0, 0.1) is 6.92 Å². The molecule has 0 radical (unpaired) electrons. The average Bonchev–Trinajstić information content (AvgIpc) is 2.11. The quantitative estimate of drug-likeness (QED) is 0.607. The van der Waals surface area contributed by atoms with Gasteiger partial charge < -0.3 is 10.2 Å². The van der Waals surface area contributed by atoms with Crippen LogP contribution < -0.4 is 0 Å². The molecule has 0 saturated carbocycles. The molecule has 0 atom stereocenters. The van der Waals surface area contributed by atoms with E-state index < -0.39 is 6.29 Å². The molecule has 0 bridgehead atoms. The normalized spacial score (nSPS) is 11.1. The van der Waals surface area contributed by atoms with Gasteiger partial charge in [0.15, 0.2) is 6.29 Å². The number of benzene rings is 1. The zero-order chi connectivity index (χ0) is 11.0. The summed E-state index contributed by atoms with van der Waals surface area (Å²) < 4.78 is 0. The van der Waals surface area contributed by atoms with Gasteiger partial charge in [0, 0.05) is 5.56 Å². The first-order chi connectivity index (χ1) is 6.37. The van der Waals surface area contributed by atoms with Crippen molar-refractivity contribution in [3.63, 3.8) is 0 Å². The van der Waals surface area contributed by atoms with E-state index in [-0.39, 0.29) is 25.7 Å². The van der Waals surface area contributed by atoms with E-state index in [4.69, 9.17) is 56.6 Å². The summed E-state index contributed by atoms with van der Waals surface area (Å²) in [6.07, 6.45) is -1.80. The van der Waals surface area contributed by atoms with Gasteiger partial charge in [-0.2, -0.15) is 0 Å². The molecule has 78 valence electrons. The minimum Gasteiger partial charge on any atom is -0.364 e. The van der Waals surface area contributed by atoms with Gasteiger partial charge in [-0.25, -0.2) is 0 Å². The first-order valence-corrected chi connectivity index (χ1v) is 5.07. The third-order valence-corrected chi connectivity index (χ3v) is 3.70. The Balaban J connectivity index is 3.60. The maximum absolute atomic E-state index is 8.99. The summed E-state index contributed by atoms with van der Waals surface area (Å²) in [6.45, 7) is 1.63. The van der Waals surface area contributed by atoms with E-state index in [1.807, 2.05) is 0 Å². The lowest BCUT2D eigenvalue weighted by atomic mass is 10.1. The molecule has 1 rings (SSSR count). The van der Waals surface area contributed by atoms with E-state index in [2.05, 4.69) is 0 Å². The van der Waals surface area contributed by atoms with E-state index in [0.29, 0.717) is 5.56 Å². The van der Waals surface area contributed by atoms with Crippen molar-refractivity contribution in [3.05, 3.63) is 31.2 Å². The number of hydrogen-bond acceptors (Lipinski definition) is 2. The molecular weight excluding hydrogens is 270 g/mol. The lowest BCUT2D eigenvalue weighted by molar-refractivity contribution is -0.0423. The molecule has 0 amide bonds. The summed E-state index contributed by atoms with van der Waals surface area (Å²) in [5.41, 5.74) is 0.432. The Morgan fingerprint density at radius 1 is 0.857 bits per heavy atom. The van der Waals surface area contributed by atoms with Gasteiger partial charge in [0.25, 0.3) is 0 Å². The van der Waals surface area contributed by atoms with Crippen molar-refractivity contribution >= 4 is 46.4 Å². The predicted octanol–water partition coefficient (Wildman–Crippen LogP) is 3.59. The average molecular weight is 276 g/mol. The van der Waals surface area contributed by atoms with E-state index in [1.54, 1.807) is 6.92 Å². The lowest BCUT2D eigenvalue weighted by Crippen LogP contribution is -2.00. The Kier molecular flexibility index (Phi) is 3.92. The molecule has 0 fully saturated rings. The number of hydrogen-bond donors (Lipinski definition) is 2. The molecule has 0 aliphatic carbocycles. The summed E-state index contributed by atoms with van der Waals surface area (Å²) in [5.74, 6) is 0. The van der Waals surface area contributed by atoms with Crippen molar-refractivity contribution < 1.29 is 10.2 Å². The summed E-state index contributed by atoms with van der Waals surface area (Å²) in [4.78, 5) is 0. The van der Waals surface area contributed by atoms with E-state index in [0.717, 1.165) is 0 Å². The Morgan fingerprint density at radius 2 is 1.21 bits per heavy atom. The van der Waals surface area contributed by atoms with Crippen molar-refractivity contribution in [2.45, 2.75) is 13.2 Å². The van der Waals surface area contributed by atoms with Crippen molar-refractivity contribution in [1.29, 1.82) is 0 Å². The van der Waals surface area contributed by atoms with Crippen LogP contribution in [0.5, 0.6) is 0 Å². The molecule has 14 heavy (non-hydrogen) atoms. The zero-order valence-electron chi connectivity index (χ0n) is 6.98. The van der Waals surface area contributed by atoms with Crippen LogP contribution in [-0.2, 0) is 0 Å². The maximum Gasteiger partial charge on any atom is 0.181 e. The molecule has 0 heterocycles. The van der Waals surface area contributed by atoms with Crippen LogP contribution in [0.1, 0.15) is 17.4 Å². The van der Waals surface area contributed by atoms with Crippen molar-refractivity contribution in [3.8, 4) is 0 Å². The molecule has 0 aromatic heterocycles. The first-order valence-electron chi connectivity index (χ1n) is 3.56. The molecule has 1 aromatic carbocycles. The fourth-order valence-electron chi connectivity index (χ4n) is 0.985. The molecular formula is C8H6Cl4O2. The highest BCUT2D eigenvalue weighted by molar-refractivity contribution is 6.48. The minimum absolute atomic E-state index is 0.00793.